The van der Waals surface area contributed by atoms with Gasteiger partial charge in [-0.15, -0.1) is 0 Å². The van der Waals surface area contributed by atoms with Crippen molar-refractivity contribution < 1.29 is 33.8 Å². The van der Waals surface area contributed by atoms with Gasteiger partial charge in [0.1, 0.15) is 0 Å². The van der Waals surface area contributed by atoms with Gasteiger partial charge in [0.2, 0.25) is 17.7 Å². The van der Waals surface area contributed by atoms with E-state index in [4.69, 9.17) is 4.74 Å². The Morgan fingerprint density at radius 3 is 2.18 bits per heavy atom. The zero-order valence-electron chi connectivity index (χ0n) is 28.7. The van der Waals surface area contributed by atoms with Gasteiger partial charge in [-0.05, 0) is 54.6 Å². The summed E-state index contributed by atoms with van der Waals surface area (Å²) in [5, 5.41) is 9.85. The maximum Gasteiger partial charge on any atom is 0.264 e. The minimum absolute atomic E-state index is 0.00515. The van der Waals surface area contributed by atoms with E-state index in [9.17, 15) is 24.3 Å². The fraction of sp³-hybridized carbons (Fsp3) is 0.421. The molecule has 262 valence electrons. The van der Waals surface area contributed by atoms with Gasteiger partial charge in [-0.3, -0.25) is 19.2 Å². The van der Waals surface area contributed by atoms with E-state index in [-0.39, 0.29) is 49.7 Å². The van der Waals surface area contributed by atoms with E-state index in [1.807, 2.05) is 92.8 Å². The third kappa shape index (κ3) is 5.83. The van der Waals surface area contributed by atoms with Crippen LogP contribution in [0.5, 0.6) is 0 Å². The summed E-state index contributed by atoms with van der Waals surface area (Å²) in [4.78, 5) is 72.2. The molecule has 12 heteroatoms. The maximum absolute atomic E-state index is 15.0. The van der Waals surface area contributed by atoms with Crippen molar-refractivity contribution in [3.05, 3.63) is 89.5 Å². The lowest BCUT2D eigenvalue weighted by atomic mass is 9.82. The maximum atomic E-state index is 15.0. The highest BCUT2D eigenvalue weighted by atomic mass is 28.4. The predicted molar refractivity (Wildman–Crippen MR) is 191 cm³/mol. The van der Waals surface area contributed by atoms with E-state index < -0.39 is 31.5 Å². The zero-order valence-corrected chi connectivity index (χ0v) is 29.7. The molecule has 4 aliphatic heterocycles. The first-order valence-electron chi connectivity index (χ1n) is 17.4. The van der Waals surface area contributed by atoms with Crippen LogP contribution in [0.15, 0.2) is 72.8 Å². The van der Waals surface area contributed by atoms with Crippen LogP contribution in [0.25, 0.3) is 0 Å². The standard InChI is InChI=1S/C38H44N4O7Si/c1-25-36(50(2,3)48)32(22-35(46)39(18-19-43)23-26-8-5-4-6-9-26)49-38(25)30-21-29(41-17-15-34(41)45)12-13-31(30)42(37(38)47)24-27-10-7-11-28(20-27)40-16-14-33(40)44/h4-13,20-21,25,32,36,43,48H,14-19,22-24H2,1-3H3/t25-,32+,36-,38+/m1/s1. The number of hydrogen-bond donors (Lipinski definition) is 2. The largest absolute Gasteiger partial charge is 0.432 e. The zero-order chi connectivity index (χ0) is 35.4. The lowest BCUT2D eigenvalue weighted by Crippen LogP contribution is -2.46. The second kappa shape index (κ2) is 13.1. The second-order valence-electron chi connectivity index (χ2n) is 14.4. The Hall–Kier alpha value is -4.36. The average molecular weight is 697 g/mol. The van der Waals surface area contributed by atoms with Gasteiger partial charge in [-0.25, -0.2) is 0 Å². The molecular formula is C38H44N4O7Si. The summed E-state index contributed by atoms with van der Waals surface area (Å²) < 4.78 is 6.95. The van der Waals surface area contributed by atoms with Crippen LogP contribution >= 0.6 is 0 Å². The molecule has 4 atom stereocenters. The molecule has 4 heterocycles. The molecule has 11 nitrogen and oxygen atoms in total. The van der Waals surface area contributed by atoms with Gasteiger partial charge >= 0.3 is 0 Å². The van der Waals surface area contributed by atoms with Crippen LogP contribution in [-0.2, 0) is 42.6 Å². The van der Waals surface area contributed by atoms with Gasteiger partial charge in [0.15, 0.2) is 13.9 Å². The van der Waals surface area contributed by atoms with Crippen molar-refractivity contribution in [3.8, 4) is 0 Å². The van der Waals surface area contributed by atoms with Crippen LogP contribution < -0.4 is 14.7 Å². The van der Waals surface area contributed by atoms with Gasteiger partial charge in [0.05, 0.1) is 31.4 Å². The van der Waals surface area contributed by atoms with Crippen LogP contribution in [0.2, 0.25) is 18.6 Å². The molecule has 0 bridgehead atoms. The number of ether oxygens (including phenoxy) is 1. The van der Waals surface area contributed by atoms with E-state index in [1.165, 1.54) is 0 Å². The Balaban J connectivity index is 1.25. The third-order valence-corrected chi connectivity index (χ3v) is 13.4. The summed E-state index contributed by atoms with van der Waals surface area (Å²) >= 11 is 0. The number of carbonyl (C=O) groups excluding carboxylic acids is 4. The van der Waals surface area contributed by atoms with E-state index >= 15 is 4.79 Å². The van der Waals surface area contributed by atoms with Crippen LogP contribution in [0.1, 0.15) is 42.9 Å². The Kier molecular flexibility index (Phi) is 8.92. The van der Waals surface area contributed by atoms with E-state index in [0.29, 0.717) is 49.4 Å². The van der Waals surface area contributed by atoms with E-state index in [1.54, 1.807) is 19.6 Å². The number of fused-ring (bicyclic) bond motifs is 2. The van der Waals surface area contributed by atoms with Crippen molar-refractivity contribution >= 4 is 49.0 Å². The summed E-state index contributed by atoms with van der Waals surface area (Å²) in [5.74, 6) is -0.956. The van der Waals surface area contributed by atoms with Gasteiger partial charge in [0.25, 0.3) is 5.91 Å². The summed E-state index contributed by atoms with van der Waals surface area (Å²) in [7, 11) is -3.07. The Labute approximate surface area is 293 Å². The minimum atomic E-state index is -3.07. The molecule has 0 aliphatic carbocycles. The fourth-order valence-corrected chi connectivity index (χ4v) is 10.8. The molecule has 7 rings (SSSR count). The van der Waals surface area contributed by atoms with Crippen molar-refractivity contribution in [2.45, 2.75) is 69.6 Å². The summed E-state index contributed by atoms with van der Waals surface area (Å²) in [6.45, 7) is 7.26. The third-order valence-electron chi connectivity index (χ3n) is 10.9. The molecule has 3 saturated heterocycles. The van der Waals surface area contributed by atoms with Gasteiger partial charge in [-0.1, -0.05) is 49.4 Å². The molecule has 4 amide bonds. The molecule has 3 aromatic rings. The summed E-state index contributed by atoms with van der Waals surface area (Å²) in [6, 6.07) is 22.8. The average Bonchev–Trinajstić information content (AvgIpc) is 3.49. The van der Waals surface area contributed by atoms with Crippen LogP contribution in [0, 0.1) is 5.92 Å². The first-order chi connectivity index (χ1) is 23.9. The van der Waals surface area contributed by atoms with E-state index in [2.05, 4.69) is 0 Å². The number of rotatable bonds is 11. The first kappa shape index (κ1) is 34.1. The Morgan fingerprint density at radius 1 is 0.920 bits per heavy atom. The molecule has 3 fully saturated rings. The molecule has 2 N–H and O–H groups in total. The van der Waals surface area contributed by atoms with Gasteiger partial charge in [-0.2, -0.15) is 0 Å². The number of aliphatic hydroxyl groups is 1. The van der Waals surface area contributed by atoms with Crippen molar-refractivity contribution in [2.24, 2.45) is 5.92 Å². The Morgan fingerprint density at radius 2 is 1.58 bits per heavy atom. The van der Waals surface area contributed by atoms with Crippen LogP contribution in [0.4, 0.5) is 17.1 Å². The van der Waals surface area contributed by atoms with Crippen molar-refractivity contribution in [3.63, 3.8) is 0 Å². The number of hydrogen-bond acceptors (Lipinski definition) is 7. The smallest absolute Gasteiger partial charge is 0.264 e. The monoisotopic (exact) mass is 696 g/mol. The molecule has 50 heavy (non-hydrogen) atoms. The molecule has 3 aromatic carbocycles. The number of carbonyl (C=O) groups is 4. The number of nitrogens with zero attached hydrogens (tertiary/aromatic N) is 4. The molecule has 0 saturated carbocycles. The summed E-state index contributed by atoms with van der Waals surface area (Å²) in [6.07, 6.45) is 0.133. The molecule has 0 unspecified atom stereocenters. The number of anilines is 3. The van der Waals surface area contributed by atoms with Crippen molar-refractivity contribution in [1.82, 2.24) is 4.90 Å². The fourth-order valence-electron chi connectivity index (χ4n) is 8.29. The lowest BCUT2D eigenvalue weighted by Gasteiger charge is -2.34. The topological polar surface area (TPSA) is 131 Å². The van der Waals surface area contributed by atoms with E-state index in [0.717, 1.165) is 16.8 Å². The lowest BCUT2D eigenvalue weighted by molar-refractivity contribution is -0.150. The normalized spacial score (nSPS) is 24.5. The predicted octanol–water partition coefficient (Wildman–Crippen LogP) is 3.92. The summed E-state index contributed by atoms with van der Waals surface area (Å²) in [5.41, 5.74) is 2.51. The van der Waals surface area contributed by atoms with Crippen molar-refractivity contribution in [1.29, 1.82) is 0 Å². The molecule has 0 radical (unpaired) electrons. The number of benzene rings is 3. The number of β-lactam (4-membered cyclic amide) rings is 2. The first-order valence-corrected chi connectivity index (χ1v) is 20.4. The van der Waals surface area contributed by atoms with Gasteiger partial charge in [0, 0.05) is 67.4 Å². The molecular weight excluding hydrogens is 653 g/mol. The quantitative estimate of drug-likeness (QED) is 0.230. The SMILES string of the molecule is C[C@@H]1[C@@H]([Si](C)(C)O)[C@H](CC(=O)N(CCO)Cc2ccccc2)O[C@@]12C(=O)N(Cc1cccc(N3CCC3=O)c1)c1ccc(N3CCC3=O)cc12. The highest BCUT2D eigenvalue weighted by Crippen LogP contribution is 2.60. The molecule has 4 aliphatic rings. The molecule has 1 spiro atoms. The van der Waals surface area contributed by atoms with Crippen LogP contribution in [0.3, 0.4) is 0 Å². The molecule has 0 aromatic heterocycles. The highest BCUT2D eigenvalue weighted by Gasteiger charge is 2.66. The number of aliphatic hydroxyl groups excluding tert-OH is 1. The van der Waals surface area contributed by atoms with Crippen molar-refractivity contribution in [2.75, 3.05) is 40.9 Å². The second-order valence-corrected chi connectivity index (χ2v) is 18.4. The number of amides is 4. The van der Waals surface area contributed by atoms with Crippen LogP contribution in [-0.4, -0.2) is 79.1 Å². The minimum Gasteiger partial charge on any atom is -0.432 e. The Bertz CT molecular complexity index is 1830. The highest BCUT2D eigenvalue weighted by molar-refractivity contribution is 6.71. The van der Waals surface area contributed by atoms with Gasteiger partial charge < -0.3 is 34.2 Å².